The Morgan fingerprint density at radius 1 is 1.47 bits per heavy atom. The van der Waals surface area contributed by atoms with Gasteiger partial charge < -0.3 is 5.73 Å². The molecule has 1 aromatic heterocycles. The van der Waals surface area contributed by atoms with Gasteiger partial charge >= 0.3 is 5.69 Å². The maximum absolute atomic E-state index is 11.3. The van der Waals surface area contributed by atoms with E-state index in [-0.39, 0.29) is 5.69 Å². The maximum atomic E-state index is 11.3. The summed E-state index contributed by atoms with van der Waals surface area (Å²) in [6.45, 7) is 4.85. The molecule has 0 radical (unpaired) electrons. The quantitative estimate of drug-likeness (QED) is 0.763. The lowest BCUT2D eigenvalue weighted by molar-refractivity contribution is 0.501. The number of nitrogens with one attached hydrogen (secondary N) is 1. The van der Waals surface area contributed by atoms with Gasteiger partial charge in [0.05, 0.1) is 0 Å². The normalized spacial score (nSPS) is 10.9. The maximum Gasteiger partial charge on any atom is 0.328 e. The van der Waals surface area contributed by atoms with Gasteiger partial charge in [0.1, 0.15) is 5.69 Å². The van der Waals surface area contributed by atoms with Crippen molar-refractivity contribution in [1.82, 2.24) is 9.55 Å². The summed E-state index contributed by atoms with van der Waals surface area (Å²) < 4.78 is 1.44. The van der Waals surface area contributed by atoms with Crippen molar-refractivity contribution in [2.24, 2.45) is 5.92 Å². The van der Waals surface area contributed by atoms with Gasteiger partial charge in [-0.25, -0.2) is 4.79 Å². The predicted octanol–water partition coefficient (Wildman–Crippen LogP) is 0.555. The monoisotopic (exact) mass is 211 g/mol. The Labute approximate surface area is 87.9 Å². The molecule has 0 spiro atoms. The van der Waals surface area contributed by atoms with Crippen molar-refractivity contribution in [2.45, 2.75) is 33.2 Å². The van der Waals surface area contributed by atoms with Crippen LogP contribution in [0.1, 0.15) is 26.7 Å². The molecule has 0 aliphatic carbocycles. The second kappa shape index (κ2) is 4.82. The first-order valence-electron chi connectivity index (χ1n) is 5.10. The van der Waals surface area contributed by atoms with E-state index in [1.807, 2.05) is 0 Å². The minimum atomic E-state index is -0.514. The number of aromatic nitrogens is 2. The van der Waals surface area contributed by atoms with Gasteiger partial charge in [0, 0.05) is 12.7 Å². The summed E-state index contributed by atoms with van der Waals surface area (Å²) in [6.07, 6.45) is 3.36. The molecule has 0 atom stereocenters. The van der Waals surface area contributed by atoms with Crippen molar-refractivity contribution < 1.29 is 0 Å². The van der Waals surface area contributed by atoms with Crippen molar-refractivity contribution >= 4 is 5.69 Å². The number of hydrogen-bond acceptors (Lipinski definition) is 3. The van der Waals surface area contributed by atoms with E-state index in [9.17, 15) is 9.59 Å². The topological polar surface area (TPSA) is 80.9 Å². The van der Waals surface area contributed by atoms with Crippen LogP contribution in [0, 0.1) is 5.92 Å². The highest BCUT2D eigenvalue weighted by molar-refractivity contribution is 5.30. The highest BCUT2D eigenvalue weighted by Gasteiger charge is 2.01. The van der Waals surface area contributed by atoms with E-state index < -0.39 is 11.2 Å². The van der Waals surface area contributed by atoms with Crippen LogP contribution in [0.2, 0.25) is 0 Å². The summed E-state index contributed by atoms with van der Waals surface area (Å²) in [5, 5.41) is 0. The van der Waals surface area contributed by atoms with Crippen LogP contribution in [-0.2, 0) is 6.54 Å². The van der Waals surface area contributed by atoms with Crippen molar-refractivity contribution in [3.8, 4) is 0 Å². The van der Waals surface area contributed by atoms with Gasteiger partial charge in [-0.15, -0.1) is 0 Å². The molecule has 0 fully saturated rings. The summed E-state index contributed by atoms with van der Waals surface area (Å²) in [5.41, 5.74) is 4.60. The highest BCUT2D eigenvalue weighted by atomic mass is 16.2. The van der Waals surface area contributed by atoms with E-state index in [0.717, 1.165) is 12.8 Å². The molecule has 0 aliphatic heterocycles. The number of nitrogen functional groups attached to an aromatic ring is 1. The standard InChI is InChI=1S/C10H17N3O2/c1-7(2)4-3-5-13-6-8(11)9(14)12-10(13)15/h6-7H,3-5,11H2,1-2H3,(H,12,14,15). The molecule has 84 valence electrons. The molecule has 1 heterocycles. The van der Waals surface area contributed by atoms with Gasteiger partial charge in [0.15, 0.2) is 0 Å². The molecule has 15 heavy (non-hydrogen) atoms. The number of aromatic amines is 1. The lowest BCUT2D eigenvalue weighted by Crippen LogP contribution is -2.31. The van der Waals surface area contributed by atoms with E-state index >= 15 is 0 Å². The minimum absolute atomic E-state index is 0.0825. The lowest BCUT2D eigenvalue weighted by atomic mass is 10.1. The SMILES string of the molecule is CC(C)CCCn1cc(N)c(=O)[nH]c1=O. The van der Waals surface area contributed by atoms with Crippen LogP contribution in [0.3, 0.4) is 0 Å². The predicted molar refractivity (Wildman–Crippen MR) is 59.8 cm³/mol. The van der Waals surface area contributed by atoms with E-state index in [1.165, 1.54) is 10.8 Å². The van der Waals surface area contributed by atoms with Crippen LogP contribution in [0.15, 0.2) is 15.8 Å². The summed E-state index contributed by atoms with van der Waals surface area (Å²) >= 11 is 0. The molecule has 5 heteroatoms. The Morgan fingerprint density at radius 3 is 2.73 bits per heavy atom. The number of anilines is 1. The molecule has 3 N–H and O–H groups in total. The fourth-order valence-corrected chi connectivity index (χ4v) is 1.36. The molecule has 0 amide bonds. The van der Waals surface area contributed by atoms with Crippen molar-refractivity contribution in [3.63, 3.8) is 0 Å². The molecular formula is C10H17N3O2. The van der Waals surface area contributed by atoms with Gasteiger partial charge in [-0.3, -0.25) is 14.3 Å². The summed E-state index contributed by atoms with van der Waals surface area (Å²) in [7, 11) is 0. The zero-order chi connectivity index (χ0) is 11.4. The van der Waals surface area contributed by atoms with E-state index in [4.69, 9.17) is 5.73 Å². The molecule has 0 aliphatic rings. The minimum Gasteiger partial charge on any atom is -0.393 e. The first-order chi connectivity index (χ1) is 7.00. The molecule has 0 unspecified atom stereocenters. The number of nitrogens with zero attached hydrogens (tertiary/aromatic N) is 1. The van der Waals surface area contributed by atoms with Crippen molar-refractivity contribution in [3.05, 3.63) is 27.0 Å². The molecule has 1 aromatic rings. The van der Waals surface area contributed by atoms with Crippen LogP contribution in [-0.4, -0.2) is 9.55 Å². The van der Waals surface area contributed by atoms with Crippen LogP contribution in [0.5, 0.6) is 0 Å². The van der Waals surface area contributed by atoms with Crippen molar-refractivity contribution in [2.75, 3.05) is 5.73 Å². The third-order valence-electron chi connectivity index (χ3n) is 2.22. The second-order valence-electron chi connectivity index (χ2n) is 4.07. The van der Waals surface area contributed by atoms with E-state index in [1.54, 1.807) is 0 Å². The molecule has 1 rings (SSSR count). The third-order valence-corrected chi connectivity index (χ3v) is 2.22. The molecule has 5 nitrogen and oxygen atoms in total. The molecule has 0 aromatic carbocycles. The number of hydrogen-bond donors (Lipinski definition) is 2. The van der Waals surface area contributed by atoms with Gasteiger partial charge in [-0.05, 0) is 18.8 Å². The molecule has 0 saturated heterocycles. The number of rotatable bonds is 4. The van der Waals surface area contributed by atoms with Crippen LogP contribution in [0.25, 0.3) is 0 Å². The largest absolute Gasteiger partial charge is 0.393 e. The zero-order valence-electron chi connectivity index (χ0n) is 9.12. The zero-order valence-corrected chi connectivity index (χ0v) is 9.12. The first-order valence-corrected chi connectivity index (χ1v) is 5.10. The Hall–Kier alpha value is -1.52. The van der Waals surface area contributed by atoms with Gasteiger partial charge in [-0.2, -0.15) is 0 Å². The van der Waals surface area contributed by atoms with E-state index in [2.05, 4.69) is 18.8 Å². The van der Waals surface area contributed by atoms with Crippen LogP contribution >= 0.6 is 0 Å². The number of nitrogens with two attached hydrogens (primary N) is 1. The van der Waals surface area contributed by atoms with Gasteiger partial charge in [-0.1, -0.05) is 13.8 Å². The van der Waals surface area contributed by atoms with E-state index in [0.29, 0.717) is 12.5 Å². The number of aryl methyl sites for hydroxylation is 1. The third kappa shape index (κ3) is 3.27. The van der Waals surface area contributed by atoms with Gasteiger partial charge in [0.25, 0.3) is 5.56 Å². The van der Waals surface area contributed by atoms with Gasteiger partial charge in [0.2, 0.25) is 0 Å². The van der Waals surface area contributed by atoms with Crippen molar-refractivity contribution in [1.29, 1.82) is 0 Å². The Kier molecular flexibility index (Phi) is 3.71. The Bertz CT molecular complexity index is 431. The summed E-state index contributed by atoms with van der Waals surface area (Å²) in [4.78, 5) is 24.5. The fourth-order valence-electron chi connectivity index (χ4n) is 1.36. The second-order valence-corrected chi connectivity index (χ2v) is 4.07. The average Bonchev–Trinajstić information content (AvgIpc) is 2.13. The Morgan fingerprint density at radius 2 is 2.13 bits per heavy atom. The Balaban J connectivity index is 2.74. The molecule has 0 saturated carbocycles. The average molecular weight is 211 g/mol. The lowest BCUT2D eigenvalue weighted by Gasteiger charge is -2.07. The molecular weight excluding hydrogens is 194 g/mol. The first kappa shape index (κ1) is 11.6. The van der Waals surface area contributed by atoms with Crippen LogP contribution < -0.4 is 17.0 Å². The molecule has 0 bridgehead atoms. The summed E-state index contributed by atoms with van der Waals surface area (Å²) in [6, 6.07) is 0. The highest BCUT2D eigenvalue weighted by Crippen LogP contribution is 2.04. The summed E-state index contributed by atoms with van der Waals surface area (Å²) in [5.74, 6) is 0.612. The van der Waals surface area contributed by atoms with Crippen LogP contribution in [0.4, 0.5) is 5.69 Å². The smallest absolute Gasteiger partial charge is 0.328 e. The number of H-pyrrole nitrogens is 1. The fraction of sp³-hybridized carbons (Fsp3) is 0.600.